The van der Waals surface area contributed by atoms with Gasteiger partial charge >= 0.3 is 0 Å². The van der Waals surface area contributed by atoms with Gasteiger partial charge < -0.3 is 15.1 Å². The summed E-state index contributed by atoms with van der Waals surface area (Å²) in [6.07, 6.45) is 10.1. The molecule has 1 N–H and O–H groups in total. The second-order valence-electron chi connectivity index (χ2n) is 9.22. The molecule has 0 unspecified atom stereocenters. The van der Waals surface area contributed by atoms with Gasteiger partial charge in [-0.25, -0.2) is 0 Å². The highest BCUT2D eigenvalue weighted by Gasteiger charge is 2.26. The minimum absolute atomic E-state index is 0.543. The van der Waals surface area contributed by atoms with Crippen molar-refractivity contribution in [3.8, 4) is 0 Å². The van der Waals surface area contributed by atoms with Crippen molar-refractivity contribution in [1.29, 1.82) is 0 Å². The van der Waals surface area contributed by atoms with Crippen molar-refractivity contribution in [1.82, 2.24) is 4.90 Å². The highest BCUT2D eigenvalue weighted by Crippen LogP contribution is 2.31. The molecule has 0 bridgehead atoms. The van der Waals surface area contributed by atoms with Gasteiger partial charge in [-0.3, -0.25) is 0 Å². The molecule has 4 heteroatoms. The second kappa shape index (κ2) is 10.5. The largest absolute Gasteiger partial charge is 0.371 e. The van der Waals surface area contributed by atoms with Crippen molar-refractivity contribution in [2.75, 3.05) is 23.3 Å². The smallest absolute Gasteiger partial charge is 0.173 e. The average Bonchev–Trinajstić information content (AvgIpc) is 3.32. The predicted molar refractivity (Wildman–Crippen MR) is 137 cm³/mol. The van der Waals surface area contributed by atoms with E-state index in [-0.39, 0.29) is 0 Å². The van der Waals surface area contributed by atoms with Crippen LogP contribution in [0.5, 0.6) is 0 Å². The minimum Gasteiger partial charge on any atom is -0.371 e. The summed E-state index contributed by atoms with van der Waals surface area (Å²) in [4.78, 5) is 5.04. The van der Waals surface area contributed by atoms with E-state index in [4.69, 9.17) is 12.2 Å². The SMILES string of the molecule is CCCCN1CCCc2cc(CN(C(=S)Nc3ccccc3C)C3CCCC3)ccc21. The van der Waals surface area contributed by atoms with Crippen LogP contribution >= 0.6 is 12.2 Å². The van der Waals surface area contributed by atoms with Gasteiger partial charge in [0.2, 0.25) is 0 Å². The van der Waals surface area contributed by atoms with Crippen molar-refractivity contribution < 1.29 is 0 Å². The Hall–Kier alpha value is -2.07. The molecule has 0 atom stereocenters. The summed E-state index contributed by atoms with van der Waals surface area (Å²) in [6, 6.07) is 16.1. The average molecular weight is 436 g/mol. The van der Waals surface area contributed by atoms with E-state index < -0.39 is 0 Å². The Bertz CT molecular complexity index is 888. The molecule has 2 aromatic rings. The van der Waals surface area contributed by atoms with Crippen LogP contribution in [0.4, 0.5) is 11.4 Å². The number of para-hydroxylation sites is 1. The van der Waals surface area contributed by atoms with Gasteiger partial charge in [0.05, 0.1) is 0 Å². The van der Waals surface area contributed by atoms with Crippen molar-refractivity contribution in [3.63, 3.8) is 0 Å². The molecule has 0 spiro atoms. The Kier molecular flexibility index (Phi) is 7.49. The molecule has 2 aliphatic rings. The van der Waals surface area contributed by atoms with Crippen LogP contribution in [0.2, 0.25) is 0 Å². The van der Waals surface area contributed by atoms with E-state index in [9.17, 15) is 0 Å². The molecule has 0 amide bonds. The van der Waals surface area contributed by atoms with Crippen LogP contribution in [0.15, 0.2) is 42.5 Å². The van der Waals surface area contributed by atoms with Gasteiger partial charge in [-0.1, -0.05) is 56.5 Å². The maximum Gasteiger partial charge on any atom is 0.173 e. The van der Waals surface area contributed by atoms with Crippen molar-refractivity contribution in [2.24, 2.45) is 0 Å². The fourth-order valence-electron chi connectivity index (χ4n) is 5.09. The van der Waals surface area contributed by atoms with Crippen LogP contribution < -0.4 is 10.2 Å². The topological polar surface area (TPSA) is 18.5 Å². The maximum absolute atomic E-state index is 5.95. The summed E-state index contributed by atoms with van der Waals surface area (Å²) in [6.45, 7) is 7.69. The first kappa shape index (κ1) is 22.1. The highest BCUT2D eigenvalue weighted by atomic mass is 32.1. The molecule has 0 saturated heterocycles. The van der Waals surface area contributed by atoms with Crippen molar-refractivity contribution in [3.05, 3.63) is 59.2 Å². The van der Waals surface area contributed by atoms with Crippen LogP contribution in [0.1, 0.15) is 68.6 Å². The number of hydrogen-bond acceptors (Lipinski definition) is 2. The lowest BCUT2D eigenvalue weighted by Crippen LogP contribution is -2.41. The Labute approximate surface area is 193 Å². The number of aryl methyl sites for hydroxylation is 2. The minimum atomic E-state index is 0.543. The quantitative estimate of drug-likeness (QED) is 0.488. The van der Waals surface area contributed by atoms with E-state index in [1.165, 1.54) is 86.8 Å². The van der Waals surface area contributed by atoms with Gasteiger partial charge in [0.25, 0.3) is 0 Å². The molecule has 166 valence electrons. The third-order valence-corrected chi connectivity index (χ3v) is 7.24. The first-order chi connectivity index (χ1) is 15.2. The normalized spacial score (nSPS) is 16.3. The summed E-state index contributed by atoms with van der Waals surface area (Å²) in [7, 11) is 0. The van der Waals surface area contributed by atoms with Crippen molar-refractivity contribution >= 4 is 28.7 Å². The fourth-order valence-corrected chi connectivity index (χ4v) is 5.41. The summed E-state index contributed by atoms with van der Waals surface area (Å²) in [5, 5.41) is 4.41. The Balaban J connectivity index is 1.52. The first-order valence-electron chi connectivity index (χ1n) is 12.2. The summed E-state index contributed by atoms with van der Waals surface area (Å²) >= 11 is 5.95. The van der Waals surface area contributed by atoms with E-state index >= 15 is 0 Å². The van der Waals surface area contributed by atoms with E-state index in [1.807, 2.05) is 0 Å². The van der Waals surface area contributed by atoms with Crippen molar-refractivity contribution in [2.45, 2.75) is 77.8 Å². The second-order valence-corrected chi connectivity index (χ2v) is 9.61. The number of rotatable bonds is 7. The molecule has 1 aliphatic heterocycles. The molecular weight excluding hydrogens is 398 g/mol. The zero-order valence-electron chi connectivity index (χ0n) is 19.2. The molecule has 1 fully saturated rings. The molecule has 1 aliphatic carbocycles. The van der Waals surface area contributed by atoms with Gasteiger partial charge in [0, 0.05) is 37.1 Å². The number of anilines is 2. The summed E-state index contributed by atoms with van der Waals surface area (Å²) in [5.74, 6) is 0. The third-order valence-electron chi connectivity index (χ3n) is 6.91. The molecule has 31 heavy (non-hydrogen) atoms. The number of fused-ring (bicyclic) bond motifs is 1. The van der Waals surface area contributed by atoms with E-state index in [0.717, 1.165) is 17.3 Å². The zero-order chi connectivity index (χ0) is 21.6. The lowest BCUT2D eigenvalue weighted by atomic mass is 9.98. The van der Waals surface area contributed by atoms with Gasteiger partial charge in [-0.15, -0.1) is 0 Å². The Morgan fingerprint density at radius 1 is 1.13 bits per heavy atom. The van der Waals surface area contributed by atoms with Crippen LogP contribution in [-0.4, -0.2) is 29.1 Å². The van der Waals surface area contributed by atoms with E-state index in [0.29, 0.717) is 6.04 Å². The van der Waals surface area contributed by atoms with Gasteiger partial charge in [0.1, 0.15) is 0 Å². The number of benzene rings is 2. The third kappa shape index (κ3) is 5.41. The monoisotopic (exact) mass is 435 g/mol. The van der Waals surface area contributed by atoms with Gasteiger partial charge in [-0.2, -0.15) is 0 Å². The van der Waals surface area contributed by atoms with E-state index in [2.05, 4.69) is 71.4 Å². The van der Waals surface area contributed by atoms with Crippen LogP contribution in [0.3, 0.4) is 0 Å². The number of nitrogens with one attached hydrogen (secondary N) is 1. The lowest BCUT2D eigenvalue weighted by molar-refractivity contribution is 0.312. The molecule has 1 heterocycles. The van der Waals surface area contributed by atoms with Gasteiger partial charge in [0.15, 0.2) is 5.11 Å². The summed E-state index contributed by atoms with van der Waals surface area (Å²) in [5.41, 5.74) is 6.71. The number of hydrogen-bond donors (Lipinski definition) is 1. The molecule has 2 aromatic carbocycles. The standard InChI is InChI=1S/C27H37N3S/c1-3-4-17-29-18-9-11-23-19-22(15-16-26(23)29)20-30(24-12-6-7-13-24)27(31)28-25-14-8-5-10-21(25)2/h5,8,10,14-16,19,24H,3-4,6-7,9,11-13,17-18,20H2,1-2H3,(H,28,31). The predicted octanol–water partition coefficient (Wildman–Crippen LogP) is 6.69. The summed E-state index contributed by atoms with van der Waals surface area (Å²) < 4.78 is 0. The van der Waals surface area contributed by atoms with Crippen LogP contribution in [0.25, 0.3) is 0 Å². The van der Waals surface area contributed by atoms with Gasteiger partial charge in [-0.05, 0) is 80.1 Å². The molecule has 1 saturated carbocycles. The van der Waals surface area contributed by atoms with Crippen LogP contribution in [-0.2, 0) is 13.0 Å². The molecular formula is C27H37N3S. The lowest BCUT2D eigenvalue weighted by Gasteiger charge is -2.34. The number of unbranched alkanes of at least 4 members (excludes halogenated alkanes) is 1. The maximum atomic E-state index is 5.95. The number of thiocarbonyl (C=S) groups is 1. The molecule has 4 rings (SSSR count). The fraction of sp³-hybridized carbons (Fsp3) is 0.519. The Morgan fingerprint density at radius 2 is 1.94 bits per heavy atom. The zero-order valence-corrected chi connectivity index (χ0v) is 20.0. The first-order valence-corrected chi connectivity index (χ1v) is 12.6. The van der Waals surface area contributed by atoms with Crippen LogP contribution in [0, 0.1) is 6.92 Å². The molecule has 3 nitrogen and oxygen atoms in total. The molecule has 0 aromatic heterocycles. The highest BCUT2D eigenvalue weighted by molar-refractivity contribution is 7.80. The van der Waals surface area contributed by atoms with E-state index in [1.54, 1.807) is 0 Å². The number of nitrogens with zero attached hydrogens (tertiary/aromatic N) is 2. The molecule has 0 radical (unpaired) electrons. The Morgan fingerprint density at radius 3 is 2.71 bits per heavy atom.